The molecule has 0 radical (unpaired) electrons. The third-order valence-corrected chi connectivity index (χ3v) is 3.07. The average Bonchev–Trinajstić information content (AvgIpc) is 2.69. The second-order valence-electron chi connectivity index (χ2n) is 4.01. The molecule has 2 aromatic rings. The SMILES string of the molecule is C=Nc1n[nH]c(Nc2cc(Cl)cc(Cl)c2)c1/C=C(\C)Br. The van der Waals surface area contributed by atoms with E-state index < -0.39 is 0 Å². The van der Waals surface area contributed by atoms with E-state index in [-0.39, 0.29) is 0 Å². The molecule has 20 heavy (non-hydrogen) atoms. The molecule has 0 spiro atoms. The maximum absolute atomic E-state index is 5.97. The van der Waals surface area contributed by atoms with Crippen LogP contribution in [0.4, 0.5) is 17.3 Å². The fourth-order valence-electron chi connectivity index (χ4n) is 1.66. The number of benzene rings is 1. The molecule has 0 aliphatic rings. The van der Waals surface area contributed by atoms with Crippen molar-refractivity contribution in [2.75, 3.05) is 5.32 Å². The minimum absolute atomic E-state index is 0.513. The number of rotatable bonds is 4. The van der Waals surface area contributed by atoms with Crippen molar-refractivity contribution in [3.63, 3.8) is 0 Å². The van der Waals surface area contributed by atoms with Gasteiger partial charge in [-0.25, -0.2) is 4.99 Å². The van der Waals surface area contributed by atoms with E-state index in [4.69, 9.17) is 23.2 Å². The van der Waals surface area contributed by atoms with Gasteiger partial charge in [0.1, 0.15) is 5.82 Å². The molecule has 0 atom stereocenters. The molecule has 0 bridgehead atoms. The summed E-state index contributed by atoms with van der Waals surface area (Å²) in [5.74, 6) is 1.20. The Bertz CT molecular complexity index is 655. The molecule has 0 saturated carbocycles. The first-order valence-electron chi connectivity index (χ1n) is 5.61. The fraction of sp³-hybridized carbons (Fsp3) is 0.0769. The van der Waals surface area contributed by atoms with E-state index in [9.17, 15) is 0 Å². The summed E-state index contributed by atoms with van der Waals surface area (Å²) in [6.07, 6.45) is 1.89. The lowest BCUT2D eigenvalue weighted by atomic mass is 10.2. The van der Waals surface area contributed by atoms with Gasteiger partial charge in [-0.2, -0.15) is 5.10 Å². The van der Waals surface area contributed by atoms with Crippen LogP contribution in [-0.4, -0.2) is 16.9 Å². The van der Waals surface area contributed by atoms with Crippen LogP contribution in [-0.2, 0) is 0 Å². The number of nitrogens with zero attached hydrogens (tertiary/aromatic N) is 2. The predicted molar refractivity (Wildman–Crippen MR) is 90.1 cm³/mol. The largest absolute Gasteiger partial charge is 0.340 e. The van der Waals surface area contributed by atoms with Crippen LogP contribution in [0, 0.1) is 0 Å². The molecule has 0 aliphatic carbocycles. The molecule has 2 rings (SSSR count). The van der Waals surface area contributed by atoms with Crippen LogP contribution in [0.3, 0.4) is 0 Å². The Balaban J connectivity index is 2.40. The minimum Gasteiger partial charge on any atom is -0.340 e. The maximum Gasteiger partial charge on any atom is 0.182 e. The molecular formula is C13H11BrCl2N4. The van der Waals surface area contributed by atoms with Crippen LogP contribution in [0.1, 0.15) is 12.5 Å². The number of hydrogen-bond acceptors (Lipinski definition) is 3. The predicted octanol–water partition coefficient (Wildman–Crippen LogP) is 5.55. The van der Waals surface area contributed by atoms with Crippen LogP contribution >= 0.6 is 39.1 Å². The molecule has 4 nitrogen and oxygen atoms in total. The van der Waals surface area contributed by atoms with Crippen molar-refractivity contribution in [1.82, 2.24) is 10.2 Å². The van der Waals surface area contributed by atoms with Gasteiger partial charge in [-0.1, -0.05) is 39.1 Å². The highest BCUT2D eigenvalue weighted by Crippen LogP contribution is 2.31. The van der Waals surface area contributed by atoms with E-state index in [1.807, 2.05) is 13.0 Å². The number of hydrogen-bond donors (Lipinski definition) is 2. The lowest BCUT2D eigenvalue weighted by Crippen LogP contribution is -1.92. The lowest BCUT2D eigenvalue weighted by molar-refractivity contribution is 1.09. The molecule has 0 amide bonds. The monoisotopic (exact) mass is 372 g/mol. The van der Waals surface area contributed by atoms with Gasteiger partial charge in [0.15, 0.2) is 5.82 Å². The summed E-state index contributed by atoms with van der Waals surface area (Å²) in [5.41, 5.74) is 1.55. The first kappa shape index (κ1) is 15.1. The van der Waals surface area contributed by atoms with E-state index in [0.717, 1.165) is 15.7 Å². The Labute approximate surface area is 135 Å². The van der Waals surface area contributed by atoms with Gasteiger partial charge in [0.05, 0.1) is 5.56 Å². The summed E-state index contributed by atoms with van der Waals surface area (Å²) in [7, 11) is 0. The maximum atomic E-state index is 5.97. The Hall–Kier alpha value is -1.30. The molecular weight excluding hydrogens is 363 g/mol. The molecule has 2 N–H and O–H groups in total. The van der Waals surface area contributed by atoms with E-state index >= 15 is 0 Å². The van der Waals surface area contributed by atoms with Crippen LogP contribution in [0.25, 0.3) is 6.08 Å². The smallest absolute Gasteiger partial charge is 0.182 e. The third-order valence-electron chi connectivity index (χ3n) is 2.41. The molecule has 0 saturated heterocycles. The summed E-state index contributed by atoms with van der Waals surface area (Å²) in [4.78, 5) is 3.87. The van der Waals surface area contributed by atoms with Gasteiger partial charge >= 0.3 is 0 Å². The van der Waals surface area contributed by atoms with E-state index in [1.54, 1.807) is 18.2 Å². The van der Waals surface area contributed by atoms with Gasteiger partial charge in [-0.15, -0.1) is 0 Å². The summed E-state index contributed by atoms with van der Waals surface area (Å²) < 4.78 is 0.941. The number of aliphatic imine (C=N–C) groups is 1. The fourth-order valence-corrected chi connectivity index (χ4v) is 2.42. The summed E-state index contributed by atoms with van der Waals surface area (Å²) in [6, 6.07) is 5.20. The normalized spacial score (nSPS) is 11.5. The molecule has 1 aromatic heterocycles. The topological polar surface area (TPSA) is 53.1 Å². The zero-order valence-electron chi connectivity index (χ0n) is 10.5. The zero-order valence-corrected chi connectivity index (χ0v) is 13.6. The van der Waals surface area contributed by atoms with E-state index in [0.29, 0.717) is 21.7 Å². The lowest BCUT2D eigenvalue weighted by Gasteiger charge is -2.06. The minimum atomic E-state index is 0.513. The number of aromatic nitrogens is 2. The van der Waals surface area contributed by atoms with Gasteiger partial charge in [-0.05, 0) is 42.4 Å². The molecule has 0 unspecified atom stereocenters. The number of allylic oxidation sites excluding steroid dienone is 1. The quantitative estimate of drug-likeness (QED) is 0.690. The van der Waals surface area contributed by atoms with Crippen LogP contribution in [0.2, 0.25) is 10.0 Å². The number of halogens is 3. The Kier molecular flexibility index (Phi) is 4.86. The van der Waals surface area contributed by atoms with E-state index in [2.05, 4.69) is 43.2 Å². The van der Waals surface area contributed by atoms with Crippen molar-refractivity contribution < 1.29 is 0 Å². The number of H-pyrrole nitrogens is 1. The van der Waals surface area contributed by atoms with Gasteiger partial charge in [0.2, 0.25) is 0 Å². The second kappa shape index (κ2) is 6.43. The van der Waals surface area contributed by atoms with Crippen LogP contribution < -0.4 is 5.32 Å². The van der Waals surface area contributed by atoms with Crippen LogP contribution in [0.5, 0.6) is 0 Å². The average molecular weight is 374 g/mol. The van der Waals surface area contributed by atoms with Crippen molar-refractivity contribution in [1.29, 1.82) is 0 Å². The summed E-state index contributed by atoms with van der Waals surface area (Å²) in [5, 5.41) is 11.2. The van der Waals surface area contributed by atoms with E-state index in [1.165, 1.54) is 0 Å². The second-order valence-corrected chi connectivity index (χ2v) is 6.13. The van der Waals surface area contributed by atoms with Gasteiger partial charge in [0, 0.05) is 15.7 Å². The summed E-state index contributed by atoms with van der Waals surface area (Å²) >= 11 is 15.3. The third kappa shape index (κ3) is 3.62. The van der Waals surface area contributed by atoms with Gasteiger partial charge in [0.25, 0.3) is 0 Å². The van der Waals surface area contributed by atoms with Crippen LogP contribution in [0.15, 0.2) is 27.7 Å². The highest BCUT2D eigenvalue weighted by Gasteiger charge is 2.11. The highest BCUT2D eigenvalue weighted by atomic mass is 79.9. The molecule has 7 heteroatoms. The number of nitrogens with one attached hydrogen (secondary N) is 2. The summed E-state index contributed by atoms with van der Waals surface area (Å²) in [6.45, 7) is 5.42. The highest BCUT2D eigenvalue weighted by molar-refractivity contribution is 9.11. The first-order chi connectivity index (χ1) is 9.49. The molecule has 0 aliphatic heterocycles. The van der Waals surface area contributed by atoms with Gasteiger partial charge in [-0.3, -0.25) is 5.10 Å². The molecule has 0 fully saturated rings. The Morgan fingerprint density at radius 1 is 1.40 bits per heavy atom. The standard InChI is InChI=1S/C13H11BrCl2N4/c1-7(14)3-11-12(17-2)19-20-13(11)18-10-5-8(15)4-9(16)6-10/h3-6H,2H2,1H3,(H2,18,19,20)/b7-3+. The van der Waals surface area contributed by atoms with Crippen molar-refractivity contribution in [3.05, 3.63) is 38.3 Å². The van der Waals surface area contributed by atoms with Crippen molar-refractivity contribution >= 4 is 69.2 Å². The van der Waals surface area contributed by atoms with Crippen molar-refractivity contribution in [2.45, 2.75) is 6.92 Å². The number of anilines is 2. The molecule has 1 aromatic carbocycles. The first-order valence-corrected chi connectivity index (χ1v) is 7.16. The van der Waals surface area contributed by atoms with Crippen molar-refractivity contribution in [3.8, 4) is 0 Å². The Morgan fingerprint density at radius 3 is 2.60 bits per heavy atom. The molecule has 104 valence electrons. The zero-order chi connectivity index (χ0) is 14.7. The van der Waals surface area contributed by atoms with Gasteiger partial charge < -0.3 is 5.32 Å². The van der Waals surface area contributed by atoms with Crippen molar-refractivity contribution in [2.24, 2.45) is 4.99 Å². The molecule has 1 heterocycles. The number of aromatic amines is 1. The Morgan fingerprint density at radius 2 is 2.05 bits per heavy atom.